The van der Waals surface area contributed by atoms with Crippen molar-refractivity contribution in [2.45, 2.75) is 0 Å². The molecule has 0 radical (unpaired) electrons. The number of rotatable bonds is 3. The van der Waals surface area contributed by atoms with Crippen LogP contribution in [0.25, 0.3) is 22.7 Å². The van der Waals surface area contributed by atoms with Crippen LogP contribution in [0.15, 0.2) is 71.3 Å². The van der Waals surface area contributed by atoms with Crippen LogP contribution in [0.4, 0.5) is 5.69 Å². The fraction of sp³-hybridized carbons (Fsp3) is 0. The average Bonchev–Trinajstić information content (AvgIpc) is 3.12. The van der Waals surface area contributed by atoms with Crippen LogP contribution in [0, 0.1) is 3.57 Å². The average molecular weight is 500 g/mol. The van der Waals surface area contributed by atoms with Crippen molar-refractivity contribution >= 4 is 62.7 Å². The van der Waals surface area contributed by atoms with Crippen molar-refractivity contribution in [3.63, 3.8) is 0 Å². The zero-order valence-electron chi connectivity index (χ0n) is 14.3. The molecule has 2 N–H and O–H groups in total. The van der Waals surface area contributed by atoms with Gasteiger partial charge in [0.2, 0.25) is 5.89 Å². The number of nitrogens with one attached hydrogen (secondary N) is 2. The number of carbonyl (C=O) groups excluding carboxylic acids is 1. The Morgan fingerprint density at radius 3 is 2.75 bits per heavy atom. The van der Waals surface area contributed by atoms with Gasteiger partial charge in [-0.25, -0.2) is 4.98 Å². The first-order valence-corrected chi connectivity index (χ1v) is 9.77. The van der Waals surface area contributed by atoms with Gasteiger partial charge in [0, 0.05) is 26.6 Å². The smallest absolute Gasteiger partial charge is 0.257 e. The zero-order chi connectivity index (χ0) is 19.5. The summed E-state index contributed by atoms with van der Waals surface area (Å²) < 4.78 is 6.72. The van der Waals surface area contributed by atoms with E-state index in [-0.39, 0.29) is 11.0 Å². The largest absolute Gasteiger partial charge is 0.434 e. The van der Waals surface area contributed by atoms with Crippen LogP contribution in [0.3, 0.4) is 0 Å². The second-order valence-electron chi connectivity index (χ2n) is 5.84. The number of carbonyl (C=O) groups is 1. The molecule has 0 saturated carbocycles. The van der Waals surface area contributed by atoms with Crippen LogP contribution in [0.1, 0.15) is 10.4 Å². The molecule has 0 aliphatic rings. The number of pyridine rings is 1. The number of hydrogen-bond acceptors (Lipinski definition) is 5. The lowest BCUT2D eigenvalue weighted by Gasteiger charge is -2.10. The minimum atomic E-state index is -0.266. The highest BCUT2D eigenvalue weighted by molar-refractivity contribution is 14.1. The van der Waals surface area contributed by atoms with Gasteiger partial charge in [0.1, 0.15) is 0 Å². The van der Waals surface area contributed by atoms with Crippen LogP contribution >= 0.6 is 34.8 Å². The Kier molecular flexibility index (Phi) is 5.31. The van der Waals surface area contributed by atoms with E-state index in [1.54, 1.807) is 24.4 Å². The normalized spacial score (nSPS) is 10.6. The molecule has 0 atom stereocenters. The highest BCUT2D eigenvalue weighted by Crippen LogP contribution is 2.25. The van der Waals surface area contributed by atoms with Gasteiger partial charge in [0.15, 0.2) is 16.3 Å². The number of fused-ring (bicyclic) bond motifs is 1. The van der Waals surface area contributed by atoms with Gasteiger partial charge in [-0.15, -0.1) is 0 Å². The third kappa shape index (κ3) is 4.18. The van der Waals surface area contributed by atoms with E-state index in [0.717, 1.165) is 9.13 Å². The Morgan fingerprint density at radius 2 is 1.93 bits per heavy atom. The van der Waals surface area contributed by atoms with Crippen molar-refractivity contribution in [3.8, 4) is 11.5 Å². The number of benzene rings is 2. The summed E-state index contributed by atoms with van der Waals surface area (Å²) in [5, 5.41) is 5.90. The van der Waals surface area contributed by atoms with Crippen molar-refractivity contribution < 1.29 is 9.21 Å². The third-order valence-corrected chi connectivity index (χ3v) is 4.72. The van der Waals surface area contributed by atoms with Crippen molar-refractivity contribution in [1.82, 2.24) is 15.3 Å². The minimum absolute atomic E-state index is 0.209. The minimum Gasteiger partial charge on any atom is -0.434 e. The van der Waals surface area contributed by atoms with Gasteiger partial charge in [-0.2, -0.15) is 4.98 Å². The first kappa shape index (κ1) is 18.5. The first-order chi connectivity index (χ1) is 13.6. The summed E-state index contributed by atoms with van der Waals surface area (Å²) in [6, 6.07) is 18.3. The molecule has 28 heavy (non-hydrogen) atoms. The molecule has 6 nitrogen and oxygen atoms in total. The predicted molar refractivity (Wildman–Crippen MR) is 120 cm³/mol. The Balaban J connectivity index is 1.48. The summed E-state index contributed by atoms with van der Waals surface area (Å²) in [6.07, 6.45) is 1.67. The Labute approximate surface area is 179 Å². The summed E-state index contributed by atoms with van der Waals surface area (Å²) in [7, 11) is 0. The molecular weight excluding hydrogens is 487 g/mol. The van der Waals surface area contributed by atoms with Crippen LogP contribution in [-0.2, 0) is 0 Å². The standard InChI is InChI=1S/C20H13IN4O2S/c21-14-6-1-4-12(10-14)18(26)25-20(28)23-15-7-2-5-13(11-15)19-24-17-16(27-19)8-3-9-22-17/h1-11H,(H2,23,25,26,28). The van der Waals surface area contributed by atoms with Gasteiger partial charge in [0.25, 0.3) is 5.91 Å². The fourth-order valence-corrected chi connectivity index (χ4v) is 3.34. The lowest BCUT2D eigenvalue weighted by atomic mass is 10.2. The Bertz CT molecular complexity index is 1160. The SMILES string of the molecule is O=C(NC(=S)Nc1cccc(-c2nc3ncccc3o2)c1)c1cccc(I)c1. The van der Waals surface area contributed by atoms with E-state index in [0.29, 0.717) is 28.4 Å². The maximum Gasteiger partial charge on any atom is 0.257 e. The Morgan fingerprint density at radius 1 is 1.07 bits per heavy atom. The number of aromatic nitrogens is 2. The lowest BCUT2D eigenvalue weighted by molar-refractivity contribution is 0.0977. The zero-order valence-corrected chi connectivity index (χ0v) is 17.3. The van der Waals surface area contributed by atoms with E-state index in [9.17, 15) is 4.79 Å². The molecule has 2 aromatic carbocycles. The number of anilines is 1. The first-order valence-electron chi connectivity index (χ1n) is 8.28. The molecule has 0 saturated heterocycles. The summed E-state index contributed by atoms with van der Waals surface area (Å²) >= 11 is 7.42. The number of nitrogens with zero attached hydrogens (tertiary/aromatic N) is 2. The monoisotopic (exact) mass is 500 g/mol. The van der Waals surface area contributed by atoms with Gasteiger partial charge in [-0.3, -0.25) is 10.1 Å². The van der Waals surface area contributed by atoms with E-state index in [4.69, 9.17) is 16.6 Å². The molecule has 8 heteroatoms. The molecule has 0 fully saturated rings. The molecule has 2 aromatic heterocycles. The quantitative estimate of drug-likeness (QED) is 0.316. The van der Waals surface area contributed by atoms with E-state index >= 15 is 0 Å². The number of thiocarbonyl (C=S) groups is 1. The van der Waals surface area contributed by atoms with Crippen molar-refractivity contribution in [3.05, 3.63) is 76.0 Å². The van der Waals surface area contributed by atoms with Gasteiger partial charge in [-0.1, -0.05) is 12.1 Å². The van der Waals surface area contributed by atoms with Gasteiger partial charge < -0.3 is 9.73 Å². The highest BCUT2D eigenvalue weighted by Gasteiger charge is 2.11. The maximum absolute atomic E-state index is 12.3. The topological polar surface area (TPSA) is 80.0 Å². The number of hydrogen-bond donors (Lipinski definition) is 2. The highest BCUT2D eigenvalue weighted by atomic mass is 127. The van der Waals surface area contributed by atoms with Crippen LogP contribution < -0.4 is 10.6 Å². The second kappa shape index (κ2) is 8.03. The van der Waals surface area contributed by atoms with Gasteiger partial charge >= 0.3 is 0 Å². The molecule has 4 aromatic rings. The summed E-state index contributed by atoms with van der Waals surface area (Å²) in [5.41, 5.74) is 3.20. The van der Waals surface area contributed by atoms with Gasteiger partial charge in [0.05, 0.1) is 0 Å². The molecule has 0 aliphatic carbocycles. The summed E-state index contributed by atoms with van der Waals surface area (Å²) in [4.78, 5) is 20.9. The fourth-order valence-electron chi connectivity index (χ4n) is 2.59. The van der Waals surface area contributed by atoms with Crippen molar-refractivity contribution in [2.24, 2.45) is 0 Å². The van der Waals surface area contributed by atoms with Crippen LogP contribution in [0.2, 0.25) is 0 Å². The molecule has 0 bridgehead atoms. The third-order valence-electron chi connectivity index (χ3n) is 3.85. The van der Waals surface area contributed by atoms with Crippen molar-refractivity contribution in [1.29, 1.82) is 0 Å². The second-order valence-corrected chi connectivity index (χ2v) is 7.50. The van der Waals surface area contributed by atoms with E-state index < -0.39 is 0 Å². The molecule has 1 amide bonds. The maximum atomic E-state index is 12.3. The Hall–Kier alpha value is -2.85. The van der Waals surface area contributed by atoms with Crippen LogP contribution in [-0.4, -0.2) is 21.0 Å². The molecular formula is C20H13IN4O2S. The molecule has 0 unspecified atom stereocenters. The van der Waals surface area contributed by atoms with E-state index in [2.05, 4.69) is 43.2 Å². The number of amides is 1. The number of halogens is 1. The predicted octanol–water partition coefficient (Wildman–Crippen LogP) is 4.62. The molecule has 0 spiro atoms. The molecule has 138 valence electrons. The van der Waals surface area contributed by atoms with Crippen molar-refractivity contribution in [2.75, 3.05) is 5.32 Å². The van der Waals surface area contributed by atoms with Gasteiger partial charge in [-0.05, 0) is 83.3 Å². The van der Waals surface area contributed by atoms with E-state index in [1.165, 1.54) is 0 Å². The molecule has 4 rings (SSSR count). The molecule has 2 heterocycles. The molecule has 0 aliphatic heterocycles. The summed E-state index contributed by atoms with van der Waals surface area (Å²) in [5.74, 6) is 0.198. The number of oxazole rings is 1. The van der Waals surface area contributed by atoms with Crippen LogP contribution in [0.5, 0.6) is 0 Å². The lowest BCUT2D eigenvalue weighted by Crippen LogP contribution is -2.34. The van der Waals surface area contributed by atoms with E-state index in [1.807, 2.05) is 42.5 Å². The summed E-state index contributed by atoms with van der Waals surface area (Å²) in [6.45, 7) is 0.